The van der Waals surface area contributed by atoms with Crippen LogP contribution in [0.1, 0.15) is 0 Å². The van der Waals surface area contributed by atoms with Crippen molar-refractivity contribution in [3.05, 3.63) is 0 Å². The summed E-state index contributed by atoms with van der Waals surface area (Å²) >= 11 is 0. The first-order valence-electron chi connectivity index (χ1n) is 3.70. The van der Waals surface area contributed by atoms with Crippen LogP contribution in [0.3, 0.4) is 0 Å². The third-order valence-corrected chi connectivity index (χ3v) is 1.19. The van der Waals surface area contributed by atoms with Gasteiger partial charge < -0.3 is 5.73 Å². The first-order chi connectivity index (χ1) is 7.79. The SMILES string of the molecule is NCC(F)(F)OC(F)(F)OC(F)(F)C(F)(F)OF. The lowest BCUT2D eigenvalue weighted by Crippen LogP contribution is -2.50. The first-order valence-corrected chi connectivity index (χ1v) is 3.70. The van der Waals surface area contributed by atoms with Crippen LogP contribution in [0.25, 0.3) is 0 Å². The van der Waals surface area contributed by atoms with E-state index in [4.69, 9.17) is 0 Å². The lowest BCUT2D eigenvalue weighted by atomic mass is 10.6. The van der Waals surface area contributed by atoms with Gasteiger partial charge in [0.05, 0.1) is 6.54 Å². The zero-order valence-corrected chi connectivity index (χ0v) is 7.91. The van der Waals surface area contributed by atoms with Gasteiger partial charge in [0.1, 0.15) is 0 Å². The lowest BCUT2D eigenvalue weighted by Gasteiger charge is -2.27. The molecule has 4 nitrogen and oxygen atoms in total. The molecule has 0 radical (unpaired) electrons. The molecule has 0 amide bonds. The normalized spacial score (nSPS) is 15.0. The van der Waals surface area contributed by atoms with E-state index < -0.39 is 31.2 Å². The molecule has 0 atom stereocenters. The second-order valence-electron chi connectivity index (χ2n) is 2.62. The van der Waals surface area contributed by atoms with E-state index in [2.05, 4.69) is 10.5 Å². The van der Waals surface area contributed by atoms with Crippen molar-refractivity contribution in [1.82, 2.24) is 0 Å². The Kier molecular flexibility index (Phi) is 4.84. The fourth-order valence-corrected chi connectivity index (χ4v) is 0.490. The van der Waals surface area contributed by atoms with Crippen LogP contribution in [0, 0.1) is 0 Å². The molecule has 0 saturated heterocycles. The Balaban J connectivity index is 4.87. The molecule has 0 spiro atoms. The van der Waals surface area contributed by atoms with Gasteiger partial charge in [0.15, 0.2) is 0 Å². The molecule has 0 heterocycles. The fourth-order valence-electron chi connectivity index (χ4n) is 0.490. The molecule has 0 saturated carbocycles. The fraction of sp³-hybridized carbons (Fsp3) is 1.00. The van der Waals surface area contributed by atoms with Gasteiger partial charge in [-0.3, -0.25) is 0 Å². The summed E-state index contributed by atoms with van der Waals surface area (Å²) in [5, 5.41) is 0. The number of alkyl halides is 8. The second kappa shape index (κ2) is 5.07. The number of halogens is 9. The van der Waals surface area contributed by atoms with E-state index in [1.165, 1.54) is 4.94 Å². The molecule has 18 heavy (non-hydrogen) atoms. The third-order valence-electron chi connectivity index (χ3n) is 1.19. The van der Waals surface area contributed by atoms with Gasteiger partial charge in [-0.05, 0) is 4.53 Å². The van der Waals surface area contributed by atoms with E-state index in [0.717, 1.165) is 0 Å². The number of rotatable bonds is 7. The van der Waals surface area contributed by atoms with Gasteiger partial charge in [-0.2, -0.15) is 26.3 Å². The molecule has 110 valence electrons. The summed E-state index contributed by atoms with van der Waals surface area (Å²) in [6.07, 6.45) is -23.1. The van der Waals surface area contributed by atoms with E-state index in [-0.39, 0.29) is 0 Å². The van der Waals surface area contributed by atoms with Crippen molar-refractivity contribution in [2.24, 2.45) is 5.73 Å². The molecule has 0 aliphatic rings. The largest absolute Gasteiger partial charge is 0.495 e. The summed E-state index contributed by atoms with van der Waals surface area (Å²) in [5.74, 6) is 0. The van der Waals surface area contributed by atoms with E-state index in [1.807, 2.05) is 4.74 Å². The van der Waals surface area contributed by atoms with Crippen LogP contribution in [0.15, 0.2) is 0 Å². The molecule has 2 N–H and O–H groups in total. The van der Waals surface area contributed by atoms with Crippen LogP contribution in [0.5, 0.6) is 0 Å². The summed E-state index contributed by atoms with van der Waals surface area (Å²) in [4.78, 5) is 1.40. The Morgan fingerprint density at radius 1 is 0.778 bits per heavy atom. The van der Waals surface area contributed by atoms with Gasteiger partial charge >= 0.3 is 24.6 Å². The van der Waals surface area contributed by atoms with Crippen LogP contribution in [0.2, 0.25) is 0 Å². The maximum atomic E-state index is 12.3. The summed E-state index contributed by atoms with van der Waals surface area (Å²) in [6.45, 7) is -1.88. The molecule has 0 aliphatic carbocycles. The van der Waals surface area contributed by atoms with Gasteiger partial charge in [-0.1, -0.05) is 0 Å². The Hall–Kier alpha value is -0.790. The average Bonchev–Trinajstić information content (AvgIpc) is 2.13. The molecule has 0 unspecified atom stereocenters. The smallest absolute Gasteiger partial charge is 0.323 e. The highest BCUT2D eigenvalue weighted by Gasteiger charge is 2.67. The van der Waals surface area contributed by atoms with Crippen LogP contribution in [0.4, 0.5) is 39.6 Å². The van der Waals surface area contributed by atoms with E-state index in [1.54, 1.807) is 0 Å². The Morgan fingerprint density at radius 3 is 1.56 bits per heavy atom. The Bertz CT molecular complexity index is 283. The first kappa shape index (κ1) is 17.2. The van der Waals surface area contributed by atoms with E-state index in [0.29, 0.717) is 0 Å². The summed E-state index contributed by atoms with van der Waals surface area (Å²) in [7, 11) is 0. The van der Waals surface area contributed by atoms with Gasteiger partial charge in [0, 0.05) is 0 Å². The minimum absolute atomic E-state index is 1.40. The van der Waals surface area contributed by atoms with Crippen molar-refractivity contribution in [2.75, 3.05) is 6.54 Å². The van der Waals surface area contributed by atoms with Gasteiger partial charge in [-0.15, -0.1) is 13.7 Å². The molecule has 0 aromatic heterocycles. The highest BCUT2D eigenvalue weighted by molar-refractivity contribution is 4.66. The summed E-state index contributed by atoms with van der Waals surface area (Å²) in [6, 6.07) is 0. The molecule has 0 bridgehead atoms. The minimum Gasteiger partial charge on any atom is -0.323 e. The Labute approximate surface area is 92.3 Å². The monoisotopic (exact) mass is 297 g/mol. The van der Waals surface area contributed by atoms with Crippen molar-refractivity contribution in [1.29, 1.82) is 0 Å². The van der Waals surface area contributed by atoms with E-state index in [9.17, 15) is 39.6 Å². The highest BCUT2D eigenvalue weighted by Crippen LogP contribution is 2.41. The lowest BCUT2D eigenvalue weighted by molar-refractivity contribution is -0.565. The number of hydrogen-bond donors (Lipinski definition) is 1. The summed E-state index contributed by atoms with van der Waals surface area (Å²) < 4.78 is 112. The van der Waals surface area contributed by atoms with Crippen molar-refractivity contribution in [3.8, 4) is 0 Å². The molecule has 0 aromatic carbocycles. The molecule has 0 fully saturated rings. The molecule has 13 heteroatoms. The highest BCUT2D eigenvalue weighted by atomic mass is 19.4. The molecular weight excluding hydrogens is 293 g/mol. The second-order valence-corrected chi connectivity index (χ2v) is 2.62. The maximum Gasteiger partial charge on any atom is 0.495 e. The van der Waals surface area contributed by atoms with Crippen LogP contribution >= 0.6 is 0 Å². The maximum absolute atomic E-state index is 12.3. The van der Waals surface area contributed by atoms with Crippen molar-refractivity contribution < 1.29 is 54.1 Å². The zero-order valence-electron chi connectivity index (χ0n) is 7.91. The third kappa shape index (κ3) is 4.47. The van der Waals surface area contributed by atoms with Gasteiger partial charge in [0.2, 0.25) is 0 Å². The zero-order chi connectivity index (χ0) is 14.8. The Morgan fingerprint density at radius 2 is 1.22 bits per heavy atom. The van der Waals surface area contributed by atoms with E-state index >= 15 is 0 Å². The number of hydrogen-bond acceptors (Lipinski definition) is 4. The number of nitrogens with two attached hydrogens (primary N) is 1. The molecule has 0 aromatic rings. The molecular formula is C5H4F9NO3. The quantitative estimate of drug-likeness (QED) is 0.578. The predicted molar refractivity (Wildman–Crippen MR) is 33.2 cm³/mol. The van der Waals surface area contributed by atoms with Crippen molar-refractivity contribution in [3.63, 3.8) is 0 Å². The average molecular weight is 297 g/mol. The minimum atomic E-state index is -6.28. The topological polar surface area (TPSA) is 53.7 Å². The van der Waals surface area contributed by atoms with Gasteiger partial charge in [-0.25, -0.2) is 9.47 Å². The van der Waals surface area contributed by atoms with Crippen molar-refractivity contribution in [2.45, 2.75) is 24.6 Å². The predicted octanol–water partition coefficient (Wildman–Crippen LogP) is 2.21. The summed E-state index contributed by atoms with van der Waals surface area (Å²) in [5.41, 5.74) is 4.20. The standard InChI is InChI=1S/C5H4F9NO3/c6-2(7,1-15)16-5(12,13)17-3(8,9)4(10,11)18-14/h1,15H2. The number of ether oxygens (including phenoxy) is 2. The van der Waals surface area contributed by atoms with Crippen LogP contribution < -0.4 is 5.73 Å². The molecule has 0 rings (SSSR count). The van der Waals surface area contributed by atoms with Gasteiger partial charge in [0.25, 0.3) is 0 Å². The van der Waals surface area contributed by atoms with Crippen LogP contribution in [-0.2, 0) is 14.4 Å². The van der Waals surface area contributed by atoms with Crippen LogP contribution in [-0.4, -0.2) is 31.2 Å². The molecule has 0 aliphatic heterocycles. The van der Waals surface area contributed by atoms with Crippen molar-refractivity contribution >= 4 is 0 Å².